The Kier molecular flexibility index (Phi) is 8.30. The minimum Gasteiger partial charge on any atom is -0.444 e. The van der Waals surface area contributed by atoms with Crippen LogP contribution in [0, 0.1) is 6.57 Å². The third-order valence-corrected chi connectivity index (χ3v) is 5.58. The van der Waals surface area contributed by atoms with Crippen molar-refractivity contribution in [3.05, 3.63) is 41.2 Å². The van der Waals surface area contributed by atoms with Crippen molar-refractivity contribution in [1.82, 2.24) is 15.1 Å². The molecule has 7 nitrogen and oxygen atoms in total. The number of nitrogens with zero attached hydrogens (tertiary/aromatic N) is 3. The Bertz CT molecular complexity index is 740. The smallest absolute Gasteiger partial charge is 0.407 e. The summed E-state index contributed by atoms with van der Waals surface area (Å²) in [6, 6.07) is 7.94. The molecule has 2 aliphatic heterocycles. The molecule has 1 amide bonds. The Balaban J connectivity index is 1.31. The maximum absolute atomic E-state index is 11.8. The van der Waals surface area contributed by atoms with Gasteiger partial charge in [0.05, 0.1) is 18.8 Å². The van der Waals surface area contributed by atoms with Crippen LogP contribution in [0.3, 0.4) is 0 Å². The molecule has 1 aromatic carbocycles. The number of aryl methyl sites for hydroxylation is 1. The molecule has 2 atom stereocenters. The molecule has 2 saturated heterocycles. The summed E-state index contributed by atoms with van der Waals surface area (Å²) < 4.78 is 11.4. The zero-order valence-corrected chi connectivity index (χ0v) is 19.1. The Morgan fingerprint density at radius 2 is 1.71 bits per heavy atom. The largest absolute Gasteiger partial charge is 0.444 e. The summed E-state index contributed by atoms with van der Waals surface area (Å²) in [6.07, 6.45) is 3.54. The number of unbranched alkanes of at least 4 members (excludes halogenated alkanes) is 1. The van der Waals surface area contributed by atoms with Gasteiger partial charge in [-0.1, -0.05) is 29.8 Å². The summed E-state index contributed by atoms with van der Waals surface area (Å²) in [5.41, 5.74) is 1.55. The van der Waals surface area contributed by atoms with Crippen LogP contribution < -0.4 is 5.32 Å². The van der Waals surface area contributed by atoms with Crippen LogP contribution in [-0.2, 0) is 15.9 Å². The fourth-order valence-corrected chi connectivity index (χ4v) is 4.26. The van der Waals surface area contributed by atoms with Gasteiger partial charge in [-0.2, -0.15) is 0 Å². The molecule has 7 heteroatoms. The van der Waals surface area contributed by atoms with Crippen molar-refractivity contribution in [2.24, 2.45) is 0 Å². The standard InChI is InChI=1S/C24H36N4O3/c1-24(2,3)31-23(29)26-12-14-28-17-21-15-27(16-22(18-28)30-21)13-6-5-7-19-8-10-20(25-4)11-9-19/h8-11,21-22H,5-7,12-18H2,1-3H3,(H,26,29). The van der Waals surface area contributed by atoms with Crippen molar-refractivity contribution in [3.8, 4) is 0 Å². The van der Waals surface area contributed by atoms with Gasteiger partial charge in [-0.05, 0) is 46.6 Å². The highest BCUT2D eigenvalue weighted by atomic mass is 16.6. The first kappa shape index (κ1) is 23.5. The molecule has 1 N–H and O–H groups in total. The maximum atomic E-state index is 11.8. The van der Waals surface area contributed by atoms with E-state index in [2.05, 4.69) is 32.1 Å². The van der Waals surface area contributed by atoms with Gasteiger partial charge in [0.2, 0.25) is 0 Å². The summed E-state index contributed by atoms with van der Waals surface area (Å²) in [7, 11) is 0. The fourth-order valence-electron chi connectivity index (χ4n) is 4.26. The molecule has 2 fully saturated rings. The van der Waals surface area contributed by atoms with Gasteiger partial charge < -0.3 is 14.8 Å². The molecular formula is C24H36N4O3. The lowest BCUT2D eigenvalue weighted by atomic mass is 10.1. The number of ether oxygens (including phenoxy) is 2. The predicted octanol–water partition coefficient (Wildman–Crippen LogP) is 3.47. The van der Waals surface area contributed by atoms with Crippen LogP contribution in [-0.4, -0.2) is 79.5 Å². The second-order valence-corrected chi connectivity index (χ2v) is 9.56. The number of amides is 1. The van der Waals surface area contributed by atoms with Gasteiger partial charge in [0, 0.05) is 39.3 Å². The zero-order valence-electron chi connectivity index (χ0n) is 19.1. The number of fused-ring (bicyclic) bond motifs is 2. The van der Waals surface area contributed by atoms with E-state index in [9.17, 15) is 4.79 Å². The third kappa shape index (κ3) is 8.13. The monoisotopic (exact) mass is 428 g/mol. The number of morpholine rings is 2. The molecule has 0 radical (unpaired) electrons. The predicted molar refractivity (Wildman–Crippen MR) is 121 cm³/mol. The van der Waals surface area contributed by atoms with Gasteiger partial charge in [0.25, 0.3) is 0 Å². The summed E-state index contributed by atoms with van der Waals surface area (Å²) in [5.74, 6) is 0. The molecule has 31 heavy (non-hydrogen) atoms. The lowest BCUT2D eigenvalue weighted by Crippen LogP contribution is -2.60. The number of alkyl carbamates (subject to hydrolysis) is 1. The van der Waals surface area contributed by atoms with E-state index in [1.807, 2.05) is 32.9 Å². The van der Waals surface area contributed by atoms with Gasteiger partial charge >= 0.3 is 6.09 Å². The van der Waals surface area contributed by atoms with E-state index in [1.54, 1.807) is 0 Å². The van der Waals surface area contributed by atoms with Crippen molar-refractivity contribution in [1.29, 1.82) is 0 Å². The second kappa shape index (κ2) is 10.9. The first-order valence-electron chi connectivity index (χ1n) is 11.3. The highest BCUT2D eigenvalue weighted by molar-refractivity contribution is 5.67. The third-order valence-electron chi connectivity index (χ3n) is 5.58. The quantitative estimate of drug-likeness (QED) is 0.508. The molecule has 0 aromatic heterocycles. The highest BCUT2D eigenvalue weighted by Gasteiger charge is 2.34. The number of carbonyl (C=O) groups is 1. The molecule has 170 valence electrons. The maximum Gasteiger partial charge on any atom is 0.407 e. The number of hydrogen-bond donors (Lipinski definition) is 1. The average molecular weight is 429 g/mol. The van der Waals surface area contributed by atoms with E-state index < -0.39 is 5.60 Å². The van der Waals surface area contributed by atoms with Crippen molar-refractivity contribution >= 4 is 11.8 Å². The molecule has 2 bridgehead atoms. The molecule has 3 rings (SSSR count). The SMILES string of the molecule is [C-]#[N+]c1ccc(CCCCN2CC3CN(CCNC(=O)OC(C)(C)C)CC(C2)O3)cc1. The lowest BCUT2D eigenvalue weighted by Gasteiger charge is -2.46. The first-order chi connectivity index (χ1) is 14.8. The summed E-state index contributed by atoms with van der Waals surface area (Å²) >= 11 is 0. The summed E-state index contributed by atoms with van der Waals surface area (Å²) in [4.78, 5) is 20.2. The molecule has 2 aliphatic rings. The van der Waals surface area contributed by atoms with Crippen LogP contribution in [0.25, 0.3) is 4.85 Å². The Morgan fingerprint density at radius 1 is 1.10 bits per heavy atom. The van der Waals surface area contributed by atoms with E-state index in [1.165, 1.54) is 12.0 Å². The highest BCUT2D eigenvalue weighted by Crippen LogP contribution is 2.20. The average Bonchev–Trinajstić information content (AvgIpc) is 2.70. The molecule has 0 aliphatic carbocycles. The van der Waals surface area contributed by atoms with Crippen molar-refractivity contribution in [2.45, 2.75) is 57.8 Å². The van der Waals surface area contributed by atoms with Gasteiger partial charge in [0.1, 0.15) is 5.60 Å². The van der Waals surface area contributed by atoms with E-state index in [-0.39, 0.29) is 18.3 Å². The van der Waals surface area contributed by atoms with Gasteiger partial charge in [-0.25, -0.2) is 9.64 Å². The molecule has 2 heterocycles. The number of benzene rings is 1. The van der Waals surface area contributed by atoms with E-state index in [0.717, 1.165) is 52.1 Å². The Labute approximate surface area is 186 Å². The molecule has 1 aromatic rings. The first-order valence-corrected chi connectivity index (χ1v) is 11.3. The number of rotatable bonds is 8. The number of nitrogens with one attached hydrogen (secondary N) is 1. The van der Waals surface area contributed by atoms with Crippen LogP contribution >= 0.6 is 0 Å². The topological polar surface area (TPSA) is 58.4 Å². The van der Waals surface area contributed by atoms with Crippen LogP contribution in [0.4, 0.5) is 10.5 Å². The summed E-state index contributed by atoms with van der Waals surface area (Å²) in [5, 5.41) is 2.85. The van der Waals surface area contributed by atoms with Crippen LogP contribution in [0.15, 0.2) is 24.3 Å². The number of carbonyl (C=O) groups excluding carboxylic acids is 1. The Hall–Kier alpha value is -2.14. The second-order valence-electron chi connectivity index (χ2n) is 9.56. The van der Waals surface area contributed by atoms with E-state index in [0.29, 0.717) is 12.2 Å². The summed E-state index contributed by atoms with van der Waals surface area (Å²) in [6.45, 7) is 18.9. The Morgan fingerprint density at radius 3 is 2.29 bits per heavy atom. The molecule has 2 unspecified atom stereocenters. The molecular weight excluding hydrogens is 392 g/mol. The van der Waals surface area contributed by atoms with E-state index >= 15 is 0 Å². The molecule has 0 spiro atoms. The van der Waals surface area contributed by atoms with Crippen LogP contribution in [0.2, 0.25) is 0 Å². The van der Waals surface area contributed by atoms with Crippen LogP contribution in [0.1, 0.15) is 39.2 Å². The van der Waals surface area contributed by atoms with Crippen molar-refractivity contribution in [2.75, 3.05) is 45.8 Å². The molecule has 0 saturated carbocycles. The fraction of sp³-hybridized carbons (Fsp3) is 0.667. The normalized spacial score (nSPS) is 22.0. The lowest BCUT2D eigenvalue weighted by molar-refractivity contribution is -0.138. The minimum atomic E-state index is -0.466. The van der Waals surface area contributed by atoms with Gasteiger partial charge in [0.15, 0.2) is 5.69 Å². The van der Waals surface area contributed by atoms with Crippen molar-refractivity contribution in [3.63, 3.8) is 0 Å². The van der Waals surface area contributed by atoms with Crippen molar-refractivity contribution < 1.29 is 14.3 Å². The van der Waals surface area contributed by atoms with Gasteiger partial charge in [-0.3, -0.25) is 9.80 Å². The van der Waals surface area contributed by atoms with Crippen LogP contribution in [0.5, 0.6) is 0 Å². The minimum absolute atomic E-state index is 0.246. The van der Waals surface area contributed by atoms with E-state index in [4.69, 9.17) is 16.0 Å². The zero-order chi connectivity index (χ0) is 22.3. The van der Waals surface area contributed by atoms with Gasteiger partial charge in [-0.15, -0.1) is 0 Å². The number of hydrogen-bond acceptors (Lipinski definition) is 5.